The molecule has 1 aliphatic heterocycles. The average molecular weight is 260 g/mol. The van der Waals surface area contributed by atoms with E-state index >= 15 is 0 Å². The van der Waals surface area contributed by atoms with E-state index in [0.29, 0.717) is 5.92 Å². The van der Waals surface area contributed by atoms with Gasteiger partial charge in [0.1, 0.15) is 0 Å². The Balaban J connectivity index is 1.90. The number of pyridine rings is 1. The second kappa shape index (κ2) is 6.51. The Labute approximate surface area is 118 Å². The van der Waals surface area contributed by atoms with Crippen LogP contribution >= 0.6 is 0 Å². The van der Waals surface area contributed by atoms with E-state index in [1.54, 1.807) is 0 Å². The molecule has 2 rings (SSSR count). The third-order valence-corrected chi connectivity index (χ3v) is 4.38. The molecular formula is C17H28N2. The molecule has 1 aromatic rings. The van der Waals surface area contributed by atoms with Crippen molar-refractivity contribution < 1.29 is 0 Å². The van der Waals surface area contributed by atoms with Gasteiger partial charge >= 0.3 is 0 Å². The molecule has 0 aliphatic carbocycles. The third kappa shape index (κ3) is 4.04. The molecule has 0 aromatic carbocycles. The van der Waals surface area contributed by atoms with E-state index in [9.17, 15) is 0 Å². The van der Waals surface area contributed by atoms with Gasteiger partial charge in [0.25, 0.3) is 0 Å². The summed E-state index contributed by atoms with van der Waals surface area (Å²) in [6, 6.07) is 6.46. The van der Waals surface area contributed by atoms with Gasteiger partial charge in [-0.15, -0.1) is 0 Å². The molecular weight excluding hydrogens is 232 g/mol. The molecule has 0 unspecified atom stereocenters. The minimum atomic E-state index is 0.520. The normalized spacial score (nSPS) is 18.4. The summed E-state index contributed by atoms with van der Waals surface area (Å²) in [5.41, 5.74) is 2.45. The van der Waals surface area contributed by atoms with Gasteiger partial charge in [0.2, 0.25) is 0 Å². The summed E-state index contributed by atoms with van der Waals surface area (Å²) < 4.78 is 0. The first-order valence-corrected chi connectivity index (χ1v) is 7.74. The summed E-state index contributed by atoms with van der Waals surface area (Å²) >= 11 is 0. The van der Waals surface area contributed by atoms with Crippen LogP contribution in [0, 0.1) is 11.8 Å². The molecule has 1 aromatic heterocycles. The van der Waals surface area contributed by atoms with Crippen molar-refractivity contribution in [1.29, 1.82) is 0 Å². The van der Waals surface area contributed by atoms with Crippen LogP contribution in [0.4, 0.5) is 0 Å². The Hall–Kier alpha value is -0.890. The summed E-state index contributed by atoms with van der Waals surface area (Å²) in [5, 5.41) is 0. The molecule has 2 heteroatoms. The molecule has 1 aliphatic rings. The topological polar surface area (TPSA) is 16.1 Å². The van der Waals surface area contributed by atoms with Crippen molar-refractivity contribution in [3.05, 3.63) is 29.6 Å². The van der Waals surface area contributed by atoms with Crippen LogP contribution in [-0.4, -0.2) is 23.0 Å². The van der Waals surface area contributed by atoms with Crippen molar-refractivity contribution in [1.82, 2.24) is 9.88 Å². The maximum Gasteiger partial charge on any atom is 0.0547 e. The zero-order valence-electron chi connectivity index (χ0n) is 12.9. The Morgan fingerprint density at radius 3 is 2.42 bits per heavy atom. The first-order chi connectivity index (χ1) is 9.06. The third-order valence-electron chi connectivity index (χ3n) is 4.38. The van der Waals surface area contributed by atoms with Crippen molar-refractivity contribution in [3.8, 4) is 0 Å². The van der Waals surface area contributed by atoms with E-state index in [4.69, 9.17) is 4.98 Å². The monoisotopic (exact) mass is 260 g/mol. The van der Waals surface area contributed by atoms with Gasteiger partial charge in [0.05, 0.1) is 5.69 Å². The lowest BCUT2D eigenvalue weighted by atomic mass is 9.87. The first kappa shape index (κ1) is 14.5. The van der Waals surface area contributed by atoms with Crippen LogP contribution in [-0.2, 0) is 6.54 Å². The number of rotatable bonds is 4. The number of likely N-dealkylation sites (tertiary alicyclic amines) is 1. The van der Waals surface area contributed by atoms with Gasteiger partial charge in [0, 0.05) is 12.2 Å². The Morgan fingerprint density at radius 2 is 1.84 bits per heavy atom. The fourth-order valence-electron chi connectivity index (χ4n) is 2.91. The zero-order chi connectivity index (χ0) is 13.8. The summed E-state index contributed by atoms with van der Waals surface area (Å²) in [6.07, 6.45) is 2.70. The minimum Gasteiger partial charge on any atom is -0.297 e. The van der Waals surface area contributed by atoms with Crippen LogP contribution in [0.25, 0.3) is 0 Å². The lowest BCUT2D eigenvalue weighted by molar-refractivity contribution is 0.150. The molecule has 0 bridgehead atoms. The van der Waals surface area contributed by atoms with Crippen LogP contribution < -0.4 is 0 Å². The SMILES string of the molecule is CC(C)c1cccc(CN2CCC(C(C)C)CC2)n1. The van der Waals surface area contributed by atoms with Crippen molar-refractivity contribution in [3.63, 3.8) is 0 Å². The lowest BCUT2D eigenvalue weighted by Crippen LogP contribution is -2.35. The highest BCUT2D eigenvalue weighted by molar-refractivity contribution is 5.13. The van der Waals surface area contributed by atoms with E-state index in [1.165, 1.54) is 37.3 Å². The van der Waals surface area contributed by atoms with Crippen LogP contribution in [0.2, 0.25) is 0 Å². The van der Waals surface area contributed by atoms with E-state index < -0.39 is 0 Å². The van der Waals surface area contributed by atoms with E-state index in [-0.39, 0.29) is 0 Å². The predicted octanol–water partition coefficient (Wildman–Crippen LogP) is 4.07. The van der Waals surface area contributed by atoms with Gasteiger partial charge in [-0.25, -0.2) is 0 Å². The van der Waals surface area contributed by atoms with E-state index in [2.05, 4.69) is 50.8 Å². The summed E-state index contributed by atoms with van der Waals surface area (Å²) in [5.74, 6) is 2.28. The molecule has 2 nitrogen and oxygen atoms in total. The lowest BCUT2D eigenvalue weighted by Gasteiger charge is -2.33. The van der Waals surface area contributed by atoms with Crippen molar-refractivity contribution in [2.75, 3.05) is 13.1 Å². The largest absolute Gasteiger partial charge is 0.297 e. The molecule has 0 spiro atoms. The Morgan fingerprint density at radius 1 is 1.16 bits per heavy atom. The zero-order valence-corrected chi connectivity index (χ0v) is 12.9. The van der Waals surface area contributed by atoms with Crippen molar-refractivity contribution in [2.24, 2.45) is 11.8 Å². The van der Waals surface area contributed by atoms with Crippen LogP contribution in [0.3, 0.4) is 0 Å². The average Bonchev–Trinajstić information content (AvgIpc) is 2.39. The standard InChI is InChI=1S/C17H28N2/c1-13(2)15-8-10-19(11-9-15)12-16-6-5-7-17(18-16)14(3)4/h5-7,13-15H,8-12H2,1-4H3. The Kier molecular flexibility index (Phi) is 4.98. The number of aromatic nitrogens is 1. The minimum absolute atomic E-state index is 0.520. The fourth-order valence-corrected chi connectivity index (χ4v) is 2.91. The Bertz CT molecular complexity index is 390. The molecule has 0 N–H and O–H groups in total. The molecule has 106 valence electrons. The predicted molar refractivity (Wildman–Crippen MR) is 81.2 cm³/mol. The highest BCUT2D eigenvalue weighted by Crippen LogP contribution is 2.25. The van der Waals surface area contributed by atoms with Gasteiger partial charge in [-0.3, -0.25) is 9.88 Å². The van der Waals surface area contributed by atoms with Gasteiger partial charge in [0.15, 0.2) is 0 Å². The summed E-state index contributed by atoms with van der Waals surface area (Å²) in [6.45, 7) is 12.6. The number of hydrogen-bond donors (Lipinski definition) is 0. The second-order valence-electron chi connectivity index (χ2n) is 6.57. The molecule has 0 amide bonds. The highest BCUT2D eigenvalue weighted by Gasteiger charge is 2.21. The summed E-state index contributed by atoms with van der Waals surface area (Å²) in [4.78, 5) is 7.34. The van der Waals surface area contributed by atoms with E-state index in [0.717, 1.165) is 18.4 Å². The highest BCUT2D eigenvalue weighted by atomic mass is 15.1. The van der Waals surface area contributed by atoms with Gasteiger partial charge in [-0.05, 0) is 55.8 Å². The maximum absolute atomic E-state index is 4.78. The maximum atomic E-state index is 4.78. The van der Waals surface area contributed by atoms with E-state index in [1.807, 2.05) is 0 Å². The van der Waals surface area contributed by atoms with Crippen molar-refractivity contribution in [2.45, 2.75) is 53.0 Å². The number of piperidine rings is 1. The smallest absolute Gasteiger partial charge is 0.0547 e. The number of hydrogen-bond acceptors (Lipinski definition) is 2. The van der Waals surface area contributed by atoms with Crippen molar-refractivity contribution >= 4 is 0 Å². The van der Waals surface area contributed by atoms with Crippen LogP contribution in [0.1, 0.15) is 57.8 Å². The van der Waals surface area contributed by atoms with Crippen LogP contribution in [0.15, 0.2) is 18.2 Å². The molecule has 1 saturated heterocycles. The molecule has 0 saturated carbocycles. The molecule has 19 heavy (non-hydrogen) atoms. The van der Waals surface area contributed by atoms with Gasteiger partial charge in [-0.2, -0.15) is 0 Å². The molecule has 0 radical (unpaired) electrons. The van der Waals surface area contributed by atoms with Gasteiger partial charge in [-0.1, -0.05) is 33.8 Å². The number of nitrogens with zero attached hydrogens (tertiary/aromatic N) is 2. The molecule has 1 fully saturated rings. The second-order valence-corrected chi connectivity index (χ2v) is 6.57. The molecule has 0 atom stereocenters. The summed E-state index contributed by atoms with van der Waals surface area (Å²) in [7, 11) is 0. The van der Waals surface area contributed by atoms with Crippen LogP contribution in [0.5, 0.6) is 0 Å². The quantitative estimate of drug-likeness (QED) is 0.811. The fraction of sp³-hybridized carbons (Fsp3) is 0.706. The first-order valence-electron chi connectivity index (χ1n) is 7.74. The van der Waals surface area contributed by atoms with Gasteiger partial charge < -0.3 is 0 Å². The molecule has 2 heterocycles.